The third kappa shape index (κ3) is 4.22. The third-order valence-electron chi connectivity index (χ3n) is 6.96. The summed E-state index contributed by atoms with van der Waals surface area (Å²) in [7, 11) is 1.55. The van der Waals surface area contributed by atoms with Gasteiger partial charge in [0.15, 0.2) is 0 Å². The first-order valence-electron chi connectivity index (χ1n) is 11.9. The highest BCUT2D eigenvalue weighted by Crippen LogP contribution is 2.45. The van der Waals surface area contributed by atoms with Gasteiger partial charge in [-0.05, 0) is 56.3 Å². The topological polar surface area (TPSA) is 140 Å². The largest absolute Gasteiger partial charge is 0.495 e. The Morgan fingerprint density at radius 1 is 1.26 bits per heavy atom. The molecule has 5 rings (SSSR count). The average molecular weight is 519 g/mol. The van der Waals surface area contributed by atoms with Crippen LogP contribution >= 0.6 is 0 Å². The number of aliphatic hydroxyl groups is 1. The van der Waals surface area contributed by atoms with Crippen molar-refractivity contribution in [2.24, 2.45) is 5.73 Å². The van der Waals surface area contributed by atoms with E-state index in [2.05, 4.69) is 15.3 Å². The zero-order valence-corrected chi connectivity index (χ0v) is 21.1. The van der Waals surface area contributed by atoms with Gasteiger partial charge in [-0.2, -0.15) is 0 Å². The Bertz CT molecular complexity index is 1560. The van der Waals surface area contributed by atoms with Crippen LogP contribution in [-0.2, 0) is 15.8 Å². The van der Waals surface area contributed by atoms with E-state index in [9.17, 15) is 19.1 Å². The number of halogens is 1. The van der Waals surface area contributed by atoms with Crippen molar-refractivity contribution < 1.29 is 28.6 Å². The highest BCUT2D eigenvalue weighted by atomic mass is 19.1. The van der Waals surface area contributed by atoms with E-state index in [1.807, 2.05) is 12.1 Å². The highest BCUT2D eigenvalue weighted by molar-refractivity contribution is 5.99. The molecule has 4 aromatic rings. The molecule has 0 spiro atoms. The molecular formula is C28H27FN4O5. The van der Waals surface area contributed by atoms with Crippen molar-refractivity contribution in [2.45, 2.75) is 24.9 Å². The van der Waals surface area contributed by atoms with Crippen LogP contribution in [0.2, 0.25) is 0 Å². The van der Waals surface area contributed by atoms with Crippen LogP contribution in [-0.4, -0.2) is 47.2 Å². The summed E-state index contributed by atoms with van der Waals surface area (Å²) in [5.41, 5.74) is 5.39. The van der Waals surface area contributed by atoms with Crippen molar-refractivity contribution in [3.05, 3.63) is 77.4 Å². The van der Waals surface area contributed by atoms with Crippen molar-refractivity contribution in [1.29, 1.82) is 0 Å². The molecule has 196 valence electrons. The predicted molar refractivity (Wildman–Crippen MR) is 138 cm³/mol. The van der Waals surface area contributed by atoms with Gasteiger partial charge in [0, 0.05) is 16.5 Å². The van der Waals surface area contributed by atoms with Crippen molar-refractivity contribution >= 4 is 22.7 Å². The van der Waals surface area contributed by atoms with Gasteiger partial charge in [0.2, 0.25) is 5.91 Å². The Morgan fingerprint density at radius 3 is 2.68 bits per heavy atom. The third-order valence-corrected chi connectivity index (χ3v) is 6.96. The number of para-hydroxylation sites is 1. The van der Waals surface area contributed by atoms with E-state index < -0.39 is 28.6 Å². The number of ether oxygens (including phenoxy) is 2. The summed E-state index contributed by atoms with van der Waals surface area (Å²) in [4.78, 5) is 33.0. The molecule has 1 aliphatic rings. The lowest BCUT2D eigenvalue weighted by Crippen LogP contribution is -2.41. The molecule has 0 bridgehead atoms. The van der Waals surface area contributed by atoms with E-state index in [1.165, 1.54) is 31.2 Å². The molecule has 0 saturated carbocycles. The normalized spacial score (nSPS) is 17.9. The summed E-state index contributed by atoms with van der Waals surface area (Å²) >= 11 is 0. The van der Waals surface area contributed by atoms with Gasteiger partial charge in [0.1, 0.15) is 46.3 Å². The van der Waals surface area contributed by atoms with Gasteiger partial charge >= 0.3 is 0 Å². The van der Waals surface area contributed by atoms with Crippen LogP contribution in [0.5, 0.6) is 11.5 Å². The van der Waals surface area contributed by atoms with Crippen LogP contribution in [0.3, 0.4) is 0 Å². The van der Waals surface area contributed by atoms with Gasteiger partial charge < -0.3 is 30.6 Å². The Hall–Kier alpha value is -4.44. The lowest BCUT2D eigenvalue weighted by Gasteiger charge is -2.26. The van der Waals surface area contributed by atoms with Crippen LogP contribution < -0.4 is 20.5 Å². The number of hydrogen-bond donors (Lipinski definition) is 4. The number of benzene rings is 2. The molecule has 2 amide bonds. The minimum atomic E-state index is -1.65. The maximum atomic E-state index is 13.6. The van der Waals surface area contributed by atoms with Crippen LogP contribution in [0, 0.1) is 5.82 Å². The number of H-pyrrole nitrogens is 1. The van der Waals surface area contributed by atoms with E-state index >= 15 is 0 Å². The molecule has 1 aliphatic heterocycles. The molecule has 0 fully saturated rings. The first kappa shape index (κ1) is 25.2. The molecule has 5 N–H and O–H groups in total. The summed E-state index contributed by atoms with van der Waals surface area (Å²) in [6, 6.07) is 14.4. The Morgan fingerprint density at radius 2 is 2.00 bits per heavy atom. The molecule has 2 aromatic carbocycles. The summed E-state index contributed by atoms with van der Waals surface area (Å²) in [6.45, 7) is 2.96. The molecule has 0 unspecified atom stereocenters. The minimum Gasteiger partial charge on any atom is -0.495 e. The summed E-state index contributed by atoms with van der Waals surface area (Å²) in [6.07, 6.45) is 0. The molecule has 9 nitrogen and oxygen atoms in total. The molecule has 38 heavy (non-hydrogen) atoms. The van der Waals surface area contributed by atoms with E-state index in [0.29, 0.717) is 39.5 Å². The number of amides is 2. The lowest BCUT2D eigenvalue weighted by molar-refractivity contribution is -0.123. The number of primary amides is 1. The van der Waals surface area contributed by atoms with Gasteiger partial charge in [-0.15, -0.1) is 0 Å². The zero-order chi connectivity index (χ0) is 27.2. The fourth-order valence-corrected chi connectivity index (χ4v) is 4.53. The zero-order valence-electron chi connectivity index (χ0n) is 21.1. The Balaban J connectivity index is 1.48. The second-order valence-corrected chi connectivity index (χ2v) is 9.79. The van der Waals surface area contributed by atoms with E-state index in [1.54, 1.807) is 32.2 Å². The Kier molecular flexibility index (Phi) is 6.07. The molecule has 10 heteroatoms. The van der Waals surface area contributed by atoms with Gasteiger partial charge in [-0.1, -0.05) is 12.1 Å². The van der Waals surface area contributed by atoms with E-state index in [4.69, 9.17) is 15.2 Å². The summed E-state index contributed by atoms with van der Waals surface area (Å²) < 4.78 is 24.8. The molecule has 0 saturated heterocycles. The first-order chi connectivity index (χ1) is 18.0. The van der Waals surface area contributed by atoms with E-state index in [-0.39, 0.29) is 18.8 Å². The number of pyridine rings is 1. The highest BCUT2D eigenvalue weighted by Gasteiger charge is 2.45. The van der Waals surface area contributed by atoms with Crippen molar-refractivity contribution in [3.8, 4) is 22.8 Å². The quantitative estimate of drug-likeness (QED) is 0.296. The van der Waals surface area contributed by atoms with Gasteiger partial charge in [0.05, 0.1) is 24.9 Å². The van der Waals surface area contributed by atoms with Gasteiger partial charge in [-0.25, -0.2) is 9.37 Å². The number of carbonyl (C=O) groups excluding carboxylic acids is 2. The van der Waals surface area contributed by atoms with Crippen LogP contribution in [0.15, 0.2) is 54.6 Å². The number of methoxy groups -OCH3 is 1. The average Bonchev–Trinajstić information content (AvgIpc) is 3.49. The Labute approximate surface area is 217 Å². The number of carbonyl (C=O) groups is 2. The van der Waals surface area contributed by atoms with Crippen molar-refractivity contribution in [3.63, 3.8) is 0 Å². The van der Waals surface area contributed by atoms with Crippen LogP contribution in [0.1, 0.15) is 35.6 Å². The molecule has 0 aliphatic carbocycles. The summed E-state index contributed by atoms with van der Waals surface area (Å²) in [5.74, 6) is -0.513. The number of nitrogens with one attached hydrogen (secondary N) is 2. The molecule has 3 heterocycles. The van der Waals surface area contributed by atoms with Crippen molar-refractivity contribution in [2.75, 3.05) is 20.3 Å². The second-order valence-electron chi connectivity index (χ2n) is 9.79. The monoisotopic (exact) mass is 518 g/mol. The second kappa shape index (κ2) is 9.14. The number of rotatable bonds is 7. The number of nitrogens with two attached hydrogens (primary N) is 1. The van der Waals surface area contributed by atoms with Gasteiger partial charge in [-0.3, -0.25) is 9.59 Å². The van der Waals surface area contributed by atoms with Crippen LogP contribution in [0.4, 0.5) is 4.39 Å². The molecular weight excluding hydrogens is 491 g/mol. The van der Waals surface area contributed by atoms with Gasteiger partial charge in [0.25, 0.3) is 5.91 Å². The maximum absolute atomic E-state index is 13.6. The molecule has 2 atom stereocenters. The number of fused-ring (bicyclic) bond motifs is 2. The predicted octanol–water partition coefficient (Wildman–Crippen LogP) is 3.15. The first-order valence-corrected chi connectivity index (χ1v) is 11.9. The summed E-state index contributed by atoms with van der Waals surface area (Å²) in [5, 5.41) is 15.0. The maximum Gasteiger partial charge on any atom is 0.267 e. The number of hydrogen-bond acceptors (Lipinski definition) is 6. The fourth-order valence-electron chi connectivity index (χ4n) is 4.53. The SMILES string of the molecule is COc1cccc2cc(C(=O)NC[C@](C)(O)c3cc4c(c(-c5ccc(F)cc5)n3)OC[C@]4(C)C(N)=O)[nH]c12. The van der Waals surface area contributed by atoms with E-state index in [0.717, 1.165) is 5.39 Å². The van der Waals surface area contributed by atoms with Crippen molar-refractivity contribution in [1.82, 2.24) is 15.3 Å². The standard InChI is InChI=1S/C28H27FN4O5/c1-27(26(30)35)14-38-24-18(27)12-21(33-23(24)15-7-9-17(29)10-8-15)28(2,36)13-31-25(34)19-11-16-5-4-6-20(37-3)22(16)32-19/h4-12,32,36H,13-14H2,1-3H3,(H2,30,35)(H,31,34)/t27-,28-/m0/s1. The smallest absolute Gasteiger partial charge is 0.267 e. The van der Waals surface area contributed by atoms with Crippen LogP contribution in [0.25, 0.3) is 22.2 Å². The minimum absolute atomic E-state index is 0.000278. The molecule has 0 radical (unpaired) electrons. The number of aromatic nitrogens is 2. The molecule has 2 aromatic heterocycles. The fraction of sp³-hybridized carbons (Fsp3) is 0.250. The lowest BCUT2D eigenvalue weighted by atomic mass is 9.82. The number of aromatic amines is 1. The number of nitrogens with zero attached hydrogens (tertiary/aromatic N) is 1.